The quantitative estimate of drug-likeness (QED) is 0.893. The van der Waals surface area contributed by atoms with Gasteiger partial charge in [0.1, 0.15) is 10.7 Å². The molecule has 0 spiro atoms. The Morgan fingerprint density at radius 2 is 2.16 bits per heavy atom. The van der Waals surface area contributed by atoms with Gasteiger partial charge >= 0.3 is 0 Å². The lowest BCUT2D eigenvalue weighted by Gasteiger charge is -2.15. The zero-order valence-electron chi connectivity index (χ0n) is 10.1. The van der Waals surface area contributed by atoms with Crippen LogP contribution in [0, 0.1) is 11.7 Å². The van der Waals surface area contributed by atoms with Crippen molar-refractivity contribution in [2.45, 2.75) is 30.3 Å². The Morgan fingerprint density at radius 3 is 2.74 bits per heavy atom. The second kappa shape index (κ2) is 5.75. The molecule has 4 nitrogen and oxygen atoms in total. The van der Waals surface area contributed by atoms with Crippen molar-refractivity contribution in [3.63, 3.8) is 0 Å². The van der Waals surface area contributed by atoms with Crippen LogP contribution in [0.1, 0.15) is 19.3 Å². The zero-order valence-corrected chi connectivity index (χ0v) is 11.7. The fourth-order valence-electron chi connectivity index (χ4n) is 2.24. The Morgan fingerprint density at radius 1 is 1.42 bits per heavy atom. The molecule has 2 rings (SSSR count). The Kier molecular flexibility index (Phi) is 4.45. The lowest BCUT2D eigenvalue weighted by molar-refractivity contribution is 0.134. The Hall–Kier alpha value is -0.690. The normalized spacial score (nSPS) is 23.7. The van der Waals surface area contributed by atoms with E-state index in [0.29, 0.717) is 6.42 Å². The Bertz CT molecular complexity index is 564. The highest BCUT2D eigenvalue weighted by Gasteiger charge is 2.27. The minimum absolute atomic E-state index is 0.0750. The van der Waals surface area contributed by atoms with Gasteiger partial charge in [0.05, 0.1) is 11.1 Å². The van der Waals surface area contributed by atoms with Crippen LogP contribution in [0.15, 0.2) is 23.1 Å². The molecule has 2 unspecified atom stereocenters. The first-order valence-electron chi connectivity index (χ1n) is 6.03. The van der Waals surface area contributed by atoms with Crippen LogP contribution in [-0.4, -0.2) is 26.2 Å². The van der Waals surface area contributed by atoms with Gasteiger partial charge in [0.2, 0.25) is 10.0 Å². The molecule has 1 aliphatic carbocycles. The van der Waals surface area contributed by atoms with Gasteiger partial charge in [0, 0.05) is 6.54 Å². The smallest absolute Gasteiger partial charge is 0.242 e. The van der Waals surface area contributed by atoms with Crippen LogP contribution in [0.25, 0.3) is 0 Å². The maximum absolute atomic E-state index is 12.9. The van der Waals surface area contributed by atoms with Gasteiger partial charge in [-0.15, -0.1) is 0 Å². The van der Waals surface area contributed by atoms with E-state index >= 15 is 0 Å². The van der Waals surface area contributed by atoms with Crippen molar-refractivity contribution in [2.24, 2.45) is 5.92 Å². The molecule has 1 saturated carbocycles. The molecule has 1 aliphatic rings. The summed E-state index contributed by atoms with van der Waals surface area (Å²) in [7, 11) is -3.78. The molecule has 0 aromatic heterocycles. The molecule has 7 heteroatoms. The summed E-state index contributed by atoms with van der Waals surface area (Å²) in [5.74, 6) is -0.663. The minimum atomic E-state index is -3.78. The standard InChI is InChI=1S/C12H15ClFNO3S/c13-10-6-9(14)4-5-12(10)19(17,18)15-7-8-2-1-3-11(8)16/h4-6,8,11,15-16H,1-3,7H2. The van der Waals surface area contributed by atoms with E-state index in [2.05, 4.69) is 4.72 Å². The fourth-order valence-corrected chi connectivity index (χ4v) is 3.87. The summed E-state index contributed by atoms with van der Waals surface area (Å²) in [4.78, 5) is -0.150. The number of aliphatic hydroxyl groups excluding tert-OH is 1. The van der Waals surface area contributed by atoms with Gasteiger partial charge in [-0.05, 0) is 37.0 Å². The monoisotopic (exact) mass is 307 g/mol. The number of halogens is 2. The first kappa shape index (κ1) is 14.7. The molecular formula is C12H15ClFNO3S. The summed E-state index contributed by atoms with van der Waals surface area (Å²) in [6, 6.07) is 3.14. The van der Waals surface area contributed by atoms with Crippen LogP contribution in [0.4, 0.5) is 4.39 Å². The predicted octanol–water partition coefficient (Wildman–Crippen LogP) is 1.92. The second-order valence-electron chi connectivity index (χ2n) is 4.68. The lowest BCUT2D eigenvalue weighted by atomic mass is 10.1. The molecule has 0 aliphatic heterocycles. The molecule has 1 aromatic carbocycles. The molecule has 106 valence electrons. The average Bonchev–Trinajstić information content (AvgIpc) is 2.72. The Balaban J connectivity index is 2.09. The molecule has 0 saturated heterocycles. The molecule has 2 N–H and O–H groups in total. The topological polar surface area (TPSA) is 66.4 Å². The molecular weight excluding hydrogens is 293 g/mol. The molecule has 1 aromatic rings. The van der Waals surface area contributed by atoms with Crippen LogP contribution >= 0.6 is 11.6 Å². The molecule has 0 heterocycles. The van der Waals surface area contributed by atoms with Crippen molar-refractivity contribution in [1.82, 2.24) is 4.72 Å². The highest BCUT2D eigenvalue weighted by molar-refractivity contribution is 7.89. The van der Waals surface area contributed by atoms with E-state index in [9.17, 15) is 17.9 Å². The van der Waals surface area contributed by atoms with Crippen LogP contribution < -0.4 is 4.72 Å². The van der Waals surface area contributed by atoms with Crippen molar-refractivity contribution in [1.29, 1.82) is 0 Å². The van der Waals surface area contributed by atoms with Gasteiger partial charge in [-0.25, -0.2) is 17.5 Å². The number of hydrogen-bond acceptors (Lipinski definition) is 3. The highest BCUT2D eigenvalue weighted by atomic mass is 35.5. The number of sulfonamides is 1. The van der Waals surface area contributed by atoms with Gasteiger partial charge in [-0.2, -0.15) is 0 Å². The van der Waals surface area contributed by atoms with E-state index in [1.807, 2.05) is 0 Å². The maximum atomic E-state index is 12.9. The fraction of sp³-hybridized carbons (Fsp3) is 0.500. The summed E-state index contributed by atoms with van der Waals surface area (Å²) in [5.41, 5.74) is 0. The number of rotatable bonds is 4. The lowest BCUT2D eigenvalue weighted by Crippen LogP contribution is -2.32. The molecule has 1 fully saturated rings. The van der Waals surface area contributed by atoms with E-state index < -0.39 is 21.9 Å². The van der Waals surface area contributed by atoms with Crippen LogP contribution in [0.5, 0.6) is 0 Å². The maximum Gasteiger partial charge on any atom is 0.242 e. The predicted molar refractivity (Wildman–Crippen MR) is 69.9 cm³/mol. The van der Waals surface area contributed by atoms with Gasteiger partial charge in [-0.1, -0.05) is 18.0 Å². The first-order chi connectivity index (χ1) is 8.90. The molecule has 2 atom stereocenters. The van der Waals surface area contributed by atoms with Crippen molar-refractivity contribution < 1.29 is 17.9 Å². The van der Waals surface area contributed by atoms with E-state index in [0.717, 1.165) is 31.0 Å². The van der Waals surface area contributed by atoms with Crippen molar-refractivity contribution in [3.05, 3.63) is 29.0 Å². The van der Waals surface area contributed by atoms with Gasteiger partial charge in [-0.3, -0.25) is 0 Å². The first-order valence-corrected chi connectivity index (χ1v) is 7.89. The van der Waals surface area contributed by atoms with Gasteiger partial charge < -0.3 is 5.11 Å². The highest BCUT2D eigenvalue weighted by Crippen LogP contribution is 2.26. The average molecular weight is 308 g/mol. The number of nitrogens with one attached hydrogen (secondary N) is 1. The number of hydrogen-bond donors (Lipinski definition) is 2. The van der Waals surface area contributed by atoms with Crippen molar-refractivity contribution in [3.8, 4) is 0 Å². The van der Waals surface area contributed by atoms with E-state index in [1.165, 1.54) is 0 Å². The Labute approximate surface area is 116 Å². The third-order valence-corrected chi connectivity index (χ3v) is 5.24. The largest absolute Gasteiger partial charge is 0.393 e. The number of benzene rings is 1. The summed E-state index contributed by atoms with van der Waals surface area (Å²) >= 11 is 5.73. The SMILES string of the molecule is O=S(=O)(NCC1CCCC1O)c1ccc(F)cc1Cl. The number of aliphatic hydroxyl groups is 1. The summed E-state index contributed by atoms with van der Waals surface area (Å²) in [6.45, 7) is 0.164. The van der Waals surface area contributed by atoms with E-state index in [-0.39, 0.29) is 22.4 Å². The van der Waals surface area contributed by atoms with Gasteiger partial charge in [0.15, 0.2) is 0 Å². The molecule has 0 radical (unpaired) electrons. The molecule has 19 heavy (non-hydrogen) atoms. The third kappa shape index (κ3) is 3.45. The minimum Gasteiger partial charge on any atom is -0.393 e. The van der Waals surface area contributed by atoms with Gasteiger partial charge in [0.25, 0.3) is 0 Å². The van der Waals surface area contributed by atoms with Crippen molar-refractivity contribution in [2.75, 3.05) is 6.54 Å². The van der Waals surface area contributed by atoms with Crippen LogP contribution in [0.2, 0.25) is 5.02 Å². The van der Waals surface area contributed by atoms with E-state index in [1.54, 1.807) is 0 Å². The second-order valence-corrected chi connectivity index (χ2v) is 6.83. The summed E-state index contributed by atoms with van der Waals surface area (Å²) < 4.78 is 39.4. The zero-order chi connectivity index (χ0) is 14.0. The summed E-state index contributed by atoms with van der Waals surface area (Å²) in [6.07, 6.45) is 1.92. The molecule has 0 amide bonds. The summed E-state index contributed by atoms with van der Waals surface area (Å²) in [5, 5.41) is 9.48. The molecule has 0 bridgehead atoms. The third-order valence-electron chi connectivity index (χ3n) is 3.34. The van der Waals surface area contributed by atoms with E-state index in [4.69, 9.17) is 11.6 Å². The van der Waals surface area contributed by atoms with Crippen LogP contribution in [0.3, 0.4) is 0 Å². The van der Waals surface area contributed by atoms with Crippen molar-refractivity contribution >= 4 is 21.6 Å². The van der Waals surface area contributed by atoms with Crippen LogP contribution in [-0.2, 0) is 10.0 Å².